The Balaban J connectivity index is 1.84. The molecule has 1 aromatic rings. The molecule has 2 aliphatic rings. The summed E-state index contributed by atoms with van der Waals surface area (Å²) in [4.78, 5) is 12.9. The predicted molar refractivity (Wildman–Crippen MR) is 82.3 cm³/mol. The number of fused-ring (bicyclic) bond motifs is 2. The second-order valence-electron chi connectivity index (χ2n) is 6.78. The highest BCUT2D eigenvalue weighted by Gasteiger charge is 2.35. The van der Waals surface area contributed by atoms with Gasteiger partial charge in [0.1, 0.15) is 0 Å². The zero-order valence-corrected chi connectivity index (χ0v) is 12.8. The van der Waals surface area contributed by atoms with Crippen molar-refractivity contribution in [2.45, 2.75) is 65.0 Å². The predicted octanol–water partition coefficient (Wildman–Crippen LogP) is 3.72. The van der Waals surface area contributed by atoms with Crippen molar-refractivity contribution < 1.29 is 4.79 Å². The van der Waals surface area contributed by atoms with Gasteiger partial charge in [-0.3, -0.25) is 4.79 Å². The monoisotopic (exact) mass is 271 g/mol. The number of ketones is 1. The van der Waals surface area contributed by atoms with Crippen LogP contribution in [0.25, 0.3) is 0 Å². The summed E-state index contributed by atoms with van der Waals surface area (Å²) in [7, 11) is 0. The second-order valence-corrected chi connectivity index (χ2v) is 6.78. The molecule has 2 unspecified atom stereocenters. The first-order chi connectivity index (χ1) is 9.54. The van der Waals surface area contributed by atoms with Gasteiger partial charge in [0.15, 0.2) is 5.78 Å². The van der Waals surface area contributed by atoms with Gasteiger partial charge in [-0.2, -0.15) is 0 Å². The number of Topliss-reactive ketones (excluding diaryl/α,β-unsaturated/α-hetero) is 1. The van der Waals surface area contributed by atoms with E-state index in [0.717, 1.165) is 24.0 Å². The molecule has 3 rings (SSSR count). The third-order valence-electron chi connectivity index (χ3n) is 5.19. The second kappa shape index (κ2) is 5.33. The summed E-state index contributed by atoms with van der Waals surface area (Å²) in [6, 6.07) is 5.40. The fraction of sp³-hybridized carbons (Fsp3) is 0.611. The molecule has 1 N–H and O–H groups in total. The summed E-state index contributed by atoms with van der Waals surface area (Å²) in [5, 5.41) is 3.67. The molecule has 1 aromatic carbocycles. The minimum Gasteiger partial charge on any atom is -0.311 e. The molecule has 108 valence electrons. The molecule has 2 saturated heterocycles. The zero-order chi connectivity index (χ0) is 14.3. The highest BCUT2D eigenvalue weighted by molar-refractivity contribution is 5.99. The average molecular weight is 271 g/mol. The van der Waals surface area contributed by atoms with E-state index in [1.807, 2.05) is 0 Å². The van der Waals surface area contributed by atoms with Crippen molar-refractivity contribution in [3.63, 3.8) is 0 Å². The van der Waals surface area contributed by atoms with Crippen LogP contribution >= 0.6 is 0 Å². The van der Waals surface area contributed by atoms with Crippen LogP contribution in [0.1, 0.15) is 59.2 Å². The maximum Gasteiger partial charge on any atom is 0.166 e. The largest absolute Gasteiger partial charge is 0.311 e. The van der Waals surface area contributed by atoms with E-state index in [1.165, 1.54) is 30.4 Å². The Labute approximate surface area is 122 Å². The lowest BCUT2D eigenvalue weighted by molar-refractivity contribution is 0.0824. The highest BCUT2D eigenvalue weighted by Crippen LogP contribution is 2.32. The molecule has 0 aromatic heterocycles. The Morgan fingerprint density at radius 1 is 1.00 bits per heavy atom. The smallest absolute Gasteiger partial charge is 0.166 e. The molecule has 0 spiro atoms. The van der Waals surface area contributed by atoms with Crippen LogP contribution in [0.5, 0.6) is 0 Å². The number of benzene rings is 1. The van der Waals surface area contributed by atoms with E-state index in [2.05, 4.69) is 38.2 Å². The van der Waals surface area contributed by atoms with Crippen molar-refractivity contribution in [1.82, 2.24) is 5.32 Å². The minimum absolute atomic E-state index is 0.229. The van der Waals surface area contributed by atoms with Gasteiger partial charge in [0, 0.05) is 23.6 Å². The van der Waals surface area contributed by atoms with Crippen molar-refractivity contribution in [2.75, 3.05) is 0 Å². The van der Waals surface area contributed by atoms with Gasteiger partial charge >= 0.3 is 0 Å². The Hall–Kier alpha value is -1.15. The number of hydrogen-bond donors (Lipinski definition) is 1. The fourth-order valence-corrected chi connectivity index (χ4v) is 3.93. The quantitative estimate of drug-likeness (QED) is 0.831. The first kappa shape index (κ1) is 13.8. The van der Waals surface area contributed by atoms with Crippen molar-refractivity contribution in [3.05, 3.63) is 34.4 Å². The number of hydrogen-bond acceptors (Lipinski definition) is 2. The van der Waals surface area contributed by atoms with Crippen LogP contribution in [0.15, 0.2) is 12.1 Å². The fourth-order valence-electron chi connectivity index (χ4n) is 3.93. The standard InChI is InChI=1S/C18H25NO/c1-11-7-13(3)17(8-12(11)2)18(20)14-9-15-5-4-6-16(10-14)19-15/h7-8,14-16,19H,4-6,9-10H2,1-3H3. The molecule has 2 atom stereocenters. The molecule has 2 heterocycles. The molecule has 0 aliphatic carbocycles. The number of nitrogens with one attached hydrogen (secondary N) is 1. The first-order valence-electron chi connectivity index (χ1n) is 7.92. The molecule has 2 heteroatoms. The Morgan fingerprint density at radius 3 is 2.25 bits per heavy atom. The Kier molecular flexibility index (Phi) is 3.68. The maximum absolute atomic E-state index is 12.9. The first-order valence-corrected chi connectivity index (χ1v) is 7.92. The summed E-state index contributed by atoms with van der Waals surface area (Å²) in [5.74, 6) is 0.608. The van der Waals surface area contributed by atoms with Crippen LogP contribution in [0.2, 0.25) is 0 Å². The van der Waals surface area contributed by atoms with Gasteiger partial charge in [0.05, 0.1) is 0 Å². The summed E-state index contributed by atoms with van der Waals surface area (Å²) < 4.78 is 0. The maximum atomic E-state index is 12.9. The molecule has 2 bridgehead atoms. The van der Waals surface area contributed by atoms with Crippen molar-refractivity contribution in [3.8, 4) is 0 Å². The van der Waals surface area contributed by atoms with Gasteiger partial charge in [-0.05, 0) is 69.2 Å². The summed E-state index contributed by atoms with van der Waals surface area (Å²) in [6.45, 7) is 6.29. The molecule has 0 amide bonds. The Morgan fingerprint density at radius 2 is 1.60 bits per heavy atom. The SMILES string of the molecule is Cc1cc(C)c(C(=O)C2CC3CCCC(C2)N3)cc1C. The molecule has 0 saturated carbocycles. The van der Waals surface area contributed by atoms with Crippen molar-refractivity contribution in [2.24, 2.45) is 5.92 Å². The van der Waals surface area contributed by atoms with Gasteiger partial charge < -0.3 is 5.32 Å². The van der Waals surface area contributed by atoms with Gasteiger partial charge in [0.25, 0.3) is 0 Å². The lowest BCUT2D eigenvalue weighted by Gasteiger charge is -2.40. The van der Waals surface area contributed by atoms with Crippen LogP contribution in [-0.4, -0.2) is 17.9 Å². The molecule has 2 fully saturated rings. The number of aryl methyl sites for hydroxylation is 3. The highest BCUT2D eigenvalue weighted by atomic mass is 16.1. The molecule has 2 nitrogen and oxygen atoms in total. The van der Waals surface area contributed by atoms with Gasteiger partial charge in [-0.15, -0.1) is 0 Å². The molecular formula is C18H25NO. The molecule has 2 aliphatic heterocycles. The number of carbonyl (C=O) groups is 1. The topological polar surface area (TPSA) is 29.1 Å². The van der Waals surface area contributed by atoms with Crippen LogP contribution < -0.4 is 5.32 Å². The van der Waals surface area contributed by atoms with Crippen LogP contribution in [0, 0.1) is 26.7 Å². The number of piperidine rings is 2. The zero-order valence-electron chi connectivity index (χ0n) is 12.8. The van der Waals surface area contributed by atoms with Crippen LogP contribution in [0.3, 0.4) is 0 Å². The van der Waals surface area contributed by atoms with E-state index in [9.17, 15) is 4.79 Å². The average Bonchev–Trinajstić information content (AvgIpc) is 2.41. The van der Waals surface area contributed by atoms with Gasteiger partial charge in [-0.1, -0.05) is 12.5 Å². The normalized spacial score (nSPS) is 29.2. The lowest BCUT2D eigenvalue weighted by Crippen LogP contribution is -2.50. The van der Waals surface area contributed by atoms with Crippen molar-refractivity contribution >= 4 is 5.78 Å². The summed E-state index contributed by atoms with van der Waals surface area (Å²) >= 11 is 0. The van der Waals surface area contributed by atoms with Crippen LogP contribution in [-0.2, 0) is 0 Å². The summed E-state index contributed by atoms with van der Waals surface area (Å²) in [5.41, 5.74) is 4.61. The van der Waals surface area contributed by atoms with Gasteiger partial charge in [-0.25, -0.2) is 0 Å². The third kappa shape index (κ3) is 2.54. The molecule has 0 radical (unpaired) electrons. The summed E-state index contributed by atoms with van der Waals surface area (Å²) in [6.07, 6.45) is 5.87. The lowest BCUT2D eigenvalue weighted by atomic mass is 9.76. The Bertz CT molecular complexity index is 522. The number of rotatable bonds is 2. The third-order valence-corrected chi connectivity index (χ3v) is 5.19. The van der Waals surface area contributed by atoms with Gasteiger partial charge in [0.2, 0.25) is 0 Å². The van der Waals surface area contributed by atoms with Crippen LogP contribution in [0.4, 0.5) is 0 Å². The van der Waals surface area contributed by atoms with E-state index in [1.54, 1.807) is 0 Å². The minimum atomic E-state index is 0.229. The number of carbonyl (C=O) groups excluding carboxylic acids is 1. The van der Waals surface area contributed by atoms with E-state index < -0.39 is 0 Å². The molecular weight excluding hydrogens is 246 g/mol. The molecule has 20 heavy (non-hydrogen) atoms. The van der Waals surface area contributed by atoms with Crippen molar-refractivity contribution in [1.29, 1.82) is 0 Å². The van der Waals surface area contributed by atoms with E-state index >= 15 is 0 Å². The van der Waals surface area contributed by atoms with E-state index in [-0.39, 0.29) is 5.92 Å². The van der Waals surface area contributed by atoms with E-state index in [4.69, 9.17) is 0 Å². The van der Waals surface area contributed by atoms with E-state index in [0.29, 0.717) is 17.9 Å².